The van der Waals surface area contributed by atoms with E-state index in [1.54, 1.807) is 0 Å². The fourth-order valence-electron chi connectivity index (χ4n) is 2.21. The van der Waals surface area contributed by atoms with Crippen LogP contribution < -0.4 is 5.32 Å². The molecule has 0 unspecified atom stereocenters. The number of amides is 1. The van der Waals surface area contributed by atoms with Crippen LogP contribution in [0.15, 0.2) is 24.3 Å². The fraction of sp³-hybridized carbons (Fsp3) is 0.250. The van der Waals surface area contributed by atoms with E-state index in [0.717, 1.165) is 21.3 Å². The van der Waals surface area contributed by atoms with Gasteiger partial charge in [0, 0.05) is 18.8 Å². The lowest BCUT2D eigenvalue weighted by molar-refractivity contribution is -0.143. The van der Waals surface area contributed by atoms with E-state index in [2.05, 4.69) is 19.9 Å². The van der Waals surface area contributed by atoms with Gasteiger partial charge in [-0.25, -0.2) is 9.59 Å². The Labute approximate surface area is 150 Å². The quantitative estimate of drug-likeness (QED) is 0.811. The van der Waals surface area contributed by atoms with Gasteiger partial charge < -0.3 is 14.8 Å². The van der Waals surface area contributed by atoms with Crippen LogP contribution in [0.4, 0.5) is 18.9 Å². The summed E-state index contributed by atoms with van der Waals surface area (Å²) in [5.41, 5.74) is -1.75. The summed E-state index contributed by atoms with van der Waals surface area (Å²) in [6.45, 7) is 0. The minimum absolute atomic E-state index is 0.0255. The summed E-state index contributed by atoms with van der Waals surface area (Å²) < 4.78 is 48.1. The lowest BCUT2D eigenvalue weighted by Crippen LogP contribution is -2.15. The van der Waals surface area contributed by atoms with Gasteiger partial charge in [-0.05, 0) is 18.2 Å². The summed E-state index contributed by atoms with van der Waals surface area (Å²) in [6.07, 6.45) is -4.68. The largest absolute Gasteiger partial charge is 0.465 e. The third-order valence-corrected chi connectivity index (χ3v) is 3.44. The molecule has 1 heterocycles. The molecule has 0 spiro atoms. The Bertz CT molecular complexity index is 871. The first kappa shape index (κ1) is 19.9. The second-order valence-corrected chi connectivity index (χ2v) is 5.27. The molecule has 0 aliphatic rings. The molecule has 0 bridgehead atoms. The van der Waals surface area contributed by atoms with E-state index in [1.165, 1.54) is 18.2 Å². The zero-order valence-corrected chi connectivity index (χ0v) is 14.4. The predicted octanol–water partition coefficient (Wildman–Crippen LogP) is 2.26. The maximum absolute atomic E-state index is 12.8. The predicted molar refractivity (Wildman–Crippen MR) is 85.3 cm³/mol. The molecule has 2 rings (SSSR count). The van der Waals surface area contributed by atoms with E-state index < -0.39 is 35.4 Å². The maximum atomic E-state index is 12.8. The molecule has 144 valence electrons. The second-order valence-electron chi connectivity index (χ2n) is 5.27. The van der Waals surface area contributed by atoms with E-state index in [9.17, 15) is 27.6 Å². The Morgan fingerprint density at radius 3 is 1.93 bits per heavy atom. The van der Waals surface area contributed by atoms with Crippen LogP contribution in [0.25, 0.3) is 0 Å². The van der Waals surface area contributed by atoms with E-state index in [1.807, 2.05) is 0 Å². The lowest BCUT2D eigenvalue weighted by atomic mass is 10.1. The van der Waals surface area contributed by atoms with Crippen molar-refractivity contribution in [3.8, 4) is 0 Å². The number of carbonyl (C=O) groups excluding carboxylic acids is 3. The van der Waals surface area contributed by atoms with Gasteiger partial charge in [0.2, 0.25) is 0 Å². The Morgan fingerprint density at radius 2 is 1.52 bits per heavy atom. The number of ether oxygens (including phenoxy) is 2. The number of hydrogen-bond acceptors (Lipinski definition) is 6. The molecule has 11 heteroatoms. The maximum Gasteiger partial charge on any atom is 0.433 e. The smallest absolute Gasteiger partial charge is 0.433 e. The van der Waals surface area contributed by atoms with Crippen LogP contribution in [-0.2, 0) is 22.7 Å². The number of nitrogens with zero attached hydrogens (tertiary/aromatic N) is 2. The summed E-state index contributed by atoms with van der Waals surface area (Å²) in [6, 6.07) is 4.17. The van der Waals surface area contributed by atoms with Crippen LogP contribution in [0.5, 0.6) is 0 Å². The average Bonchev–Trinajstić information content (AvgIpc) is 3.02. The van der Waals surface area contributed by atoms with Crippen molar-refractivity contribution < 1.29 is 37.0 Å². The zero-order chi connectivity index (χ0) is 20.4. The van der Waals surface area contributed by atoms with Crippen molar-refractivity contribution in [2.45, 2.75) is 6.18 Å². The molecule has 8 nitrogen and oxygen atoms in total. The van der Waals surface area contributed by atoms with Crippen LogP contribution in [0.3, 0.4) is 0 Å². The monoisotopic (exact) mass is 385 g/mol. The van der Waals surface area contributed by atoms with E-state index in [-0.39, 0.29) is 16.8 Å². The molecule has 0 aliphatic carbocycles. The molecule has 0 radical (unpaired) electrons. The first-order valence-electron chi connectivity index (χ1n) is 7.31. The Morgan fingerprint density at radius 1 is 1.00 bits per heavy atom. The number of hydrogen-bond donors (Lipinski definition) is 1. The van der Waals surface area contributed by atoms with Gasteiger partial charge in [-0.3, -0.25) is 9.48 Å². The van der Waals surface area contributed by atoms with Gasteiger partial charge in [0.15, 0.2) is 5.69 Å². The molecule has 2 aromatic rings. The van der Waals surface area contributed by atoms with Crippen molar-refractivity contribution in [2.75, 3.05) is 19.5 Å². The van der Waals surface area contributed by atoms with E-state index in [0.29, 0.717) is 10.7 Å². The molecule has 0 aliphatic heterocycles. The third kappa shape index (κ3) is 4.43. The first-order valence-corrected chi connectivity index (χ1v) is 7.31. The van der Waals surface area contributed by atoms with Crippen molar-refractivity contribution in [1.82, 2.24) is 9.78 Å². The van der Waals surface area contributed by atoms with Crippen molar-refractivity contribution in [2.24, 2.45) is 7.05 Å². The average molecular weight is 385 g/mol. The normalized spacial score (nSPS) is 11.0. The van der Waals surface area contributed by atoms with Gasteiger partial charge in [0.1, 0.15) is 5.69 Å². The molecule has 0 fully saturated rings. The minimum atomic E-state index is -4.68. The molecule has 0 saturated carbocycles. The second kappa shape index (κ2) is 7.48. The summed E-state index contributed by atoms with van der Waals surface area (Å²) >= 11 is 0. The van der Waals surface area contributed by atoms with Crippen molar-refractivity contribution in [1.29, 1.82) is 0 Å². The Hall–Kier alpha value is -3.37. The third-order valence-electron chi connectivity index (χ3n) is 3.44. The van der Waals surface area contributed by atoms with Gasteiger partial charge in [0.25, 0.3) is 5.91 Å². The van der Waals surface area contributed by atoms with Gasteiger partial charge in [0.05, 0.1) is 25.3 Å². The molecular weight excluding hydrogens is 371 g/mol. The number of aromatic nitrogens is 2. The van der Waals surface area contributed by atoms with Crippen molar-refractivity contribution >= 4 is 23.5 Å². The van der Waals surface area contributed by atoms with Gasteiger partial charge in [-0.15, -0.1) is 0 Å². The minimum Gasteiger partial charge on any atom is -0.465 e. The topological polar surface area (TPSA) is 99.5 Å². The summed E-state index contributed by atoms with van der Waals surface area (Å²) in [5, 5.41) is 5.81. The van der Waals surface area contributed by atoms with Gasteiger partial charge in [-0.1, -0.05) is 0 Å². The Kier molecular flexibility index (Phi) is 5.52. The Balaban J connectivity index is 2.37. The SMILES string of the molecule is COC(=O)c1cc(NC(=O)c2cc(C(F)(F)F)n(C)n2)cc(C(=O)OC)c1. The molecule has 1 amide bonds. The molecule has 1 aromatic heterocycles. The standard InChI is InChI=1S/C16H14F3N3O5/c1-22-12(16(17,18)19)7-11(21-22)13(23)20-10-5-8(14(24)26-2)4-9(6-10)15(25)27-3/h4-7H,1-3H3,(H,20,23). The molecule has 0 saturated heterocycles. The lowest BCUT2D eigenvalue weighted by Gasteiger charge is -2.08. The van der Waals surface area contributed by atoms with E-state index >= 15 is 0 Å². The zero-order valence-electron chi connectivity index (χ0n) is 14.4. The van der Waals surface area contributed by atoms with Crippen LogP contribution in [0, 0.1) is 0 Å². The number of aryl methyl sites for hydroxylation is 1. The molecule has 1 N–H and O–H groups in total. The molecule has 0 atom stereocenters. The number of alkyl halides is 3. The summed E-state index contributed by atoms with van der Waals surface area (Å²) in [7, 11) is 3.29. The fourth-order valence-corrected chi connectivity index (χ4v) is 2.21. The molecule has 1 aromatic carbocycles. The highest BCUT2D eigenvalue weighted by molar-refractivity contribution is 6.05. The van der Waals surface area contributed by atoms with Crippen LogP contribution in [0.1, 0.15) is 36.9 Å². The van der Waals surface area contributed by atoms with Crippen molar-refractivity contribution in [3.63, 3.8) is 0 Å². The van der Waals surface area contributed by atoms with Crippen LogP contribution in [-0.4, -0.2) is 41.8 Å². The number of esters is 2. The molecule has 27 heavy (non-hydrogen) atoms. The van der Waals surface area contributed by atoms with Gasteiger partial charge >= 0.3 is 18.1 Å². The number of halogens is 3. The van der Waals surface area contributed by atoms with E-state index in [4.69, 9.17) is 0 Å². The summed E-state index contributed by atoms with van der Waals surface area (Å²) in [4.78, 5) is 35.7. The number of rotatable bonds is 4. The highest BCUT2D eigenvalue weighted by atomic mass is 19.4. The first-order chi connectivity index (χ1) is 12.6. The highest BCUT2D eigenvalue weighted by Crippen LogP contribution is 2.29. The highest BCUT2D eigenvalue weighted by Gasteiger charge is 2.35. The van der Waals surface area contributed by atoms with Crippen LogP contribution in [0.2, 0.25) is 0 Å². The number of benzene rings is 1. The number of carbonyl (C=O) groups is 3. The number of methoxy groups -OCH3 is 2. The van der Waals surface area contributed by atoms with Crippen LogP contribution >= 0.6 is 0 Å². The summed E-state index contributed by atoms with van der Waals surface area (Å²) in [5.74, 6) is -2.53. The molecular formula is C16H14F3N3O5. The van der Waals surface area contributed by atoms with Gasteiger partial charge in [-0.2, -0.15) is 18.3 Å². The number of anilines is 1. The number of nitrogens with one attached hydrogen (secondary N) is 1. The van der Waals surface area contributed by atoms with Crippen molar-refractivity contribution in [3.05, 3.63) is 46.8 Å².